The SMILES string of the molecule is COc1cccc(NC(=O)CSc2nc(CC(=O)Nc3cccc(OC)c3)cs2)c1. The van der Waals surface area contributed by atoms with Gasteiger partial charge in [-0.05, 0) is 24.3 Å². The van der Waals surface area contributed by atoms with Crippen molar-refractivity contribution in [1.82, 2.24) is 4.98 Å². The van der Waals surface area contributed by atoms with Crippen molar-refractivity contribution in [3.63, 3.8) is 0 Å². The zero-order chi connectivity index (χ0) is 21.3. The van der Waals surface area contributed by atoms with Crippen LogP contribution < -0.4 is 20.1 Å². The lowest BCUT2D eigenvalue weighted by Crippen LogP contribution is -2.15. The highest BCUT2D eigenvalue weighted by molar-refractivity contribution is 8.01. The van der Waals surface area contributed by atoms with Gasteiger partial charge in [-0.2, -0.15) is 0 Å². The number of carbonyl (C=O) groups is 2. The lowest BCUT2D eigenvalue weighted by atomic mass is 10.2. The minimum absolute atomic E-state index is 0.138. The second kappa shape index (κ2) is 10.7. The molecule has 1 heterocycles. The number of ether oxygens (including phenoxy) is 2. The van der Waals surface area contributed by atoms with Crippen LogP contribution in [0.2, 0.25) is 0 Å². The van der Waals surface area contributed by atoms with Gasteiger partial charge in [-0.1, -0.05) is 23.9 Å². The highest BCUT2D eigenvalue weighted by Gasteiger charge is 2.11. The van der Waals surface area contributed by atoms with Crippen LogP contribution in [0.25, 0.3) is 0 Å². The molecule has 0 aliphatic carbocycles. The van der Waals surface area contributed by atoms with Crippen molar-refractivity contribution in [3.05, 3.63) is 59.6 Å². The molecular formula is C21H21N3O4S2. The lowest BCUT2D eigenvalue weighted by molar-refractivity contribution is -0.116. The van der Waals surface area contributed by atoms with Crippen LogP contribution in [0.1, 0.15) is 5.69 Å². The summed E-state index contributed by atoms with van der Waals surface area (Å²) in [5.74, 6) is 1.27. The molecule has 3 rings (SSSR count). The third-order valence-corrected chi connectivity index (χ3v) is 5.98. The fourth-order valence-electron chi connectivity index (χ4n) is 2.53. The maximum Gasteiger partial charge on any atom is 0.234 e. The first-order valence-corrected chi connectivity index (χ1v) is 10.9. The number of nitrogens with zero attached hydrogens (tertiary/aromatic N) is 1. The van der Waals surface area contributed by atoms with Crippen LogP contribution in [-0.4, -0.2) is 36.8 Å². The van der Waals surface area contributed by atoms with Crippen LogP contribution in [0.4, 0.5) is 11.4 Å². The van der Waals surface area contributed by atoms with Gasteiger partial charge in [-0.25, -0.2) is 4.98 Å². The summed E-state index contributed by atoms with van der Waals surface area (Å²) >= 11 is 2.74. The molecule has 30 heavy (non-hydrogen) atoms. The number of thioether (sulfide) groups is 1. The van der Waals surface area contributed by atoms with Crippen molar-refractivity contribution in [2.75, 3.05) is 30.6 Å². The fourth-order valence-corrected chi connectivity index (χ4v) is 4.18. The standard InChI is InChI=1S/C21H21N3O4S2/c1-27-17-7-3-5-14(9-17)22-19(25)11-16-12-29-21(24-16)30-13-20(26)23-15-6-4-8-18(10-15)28-2/h3-10,12H,11,13H2,1-2H3,(H,22,25)(H,23,26). The second-order valence-electron chi connectivity index (χ2n) is 6.13. The van der Waals surface area contributed by atoms with Gasteiger partial charge in [-0.15, -0.1) is 11.3 Å². The van der Waals surface area contributed by atoms with E-state index in [0.29, 0.717) is 28.6 Å². The molecule has 0 saturated heterocycles. The van der Waals surface area contributed by atoms with E-state index in [9.17, 15) is 9.59 Å². The smallest absolute Gasteiger partial charge is 0.234 e. The van der Waals surface area contributed by atoms with Gasteiger partial charge in [0, 0.05) is 28.9 Å². The van der Waals surface area contributed by atoms with Crippen LogP contribution >= 0.6 is 23.1 Å². The maximum atomic E-state index is 12.2. The van der Waals surface area contributed by atoms with Crippen molar-refractivity contribution >= 4 is 46.3 Å². The summed E-state index contributed by atoms with van der Waals surface area (Å²) in [7, 11) is 3.15. The van der Waals surface area contributed by atoms with Gasteiger partial charge in [0.05, 0.1) is 32.1 Å². The van der Waals surface area contributed by atoms with E-state index in [2.05, 4.69) is 15.6 Å². The number of methoxy groups -OCH3 is 2. The Morgan fingerprint density at radius 2 is 1.57 bits per heavy atom. The predicted octanol–water partition coefficient (Wildman–Crippen LogP) is 4.07. The molecule has 0 atom stereocenters. The number of hydrogen-bond donors (Lipinski definition) is 2. The monoisotopic (exact) mass is 443 g/mol. The Hall–Kier alpha value is -3.04. The number of rotatable bonds is 9. The number of anilines is 2. The van der Waals surface area contributed by atoms with E-state index in [-0.39, 0.29) is 24.0 Å². The molecule has 2 N–H and O–H groups in total. The molecule has 7 nitrogen and oxygen atoms in total. The third-order valence-electron chi connectivity index (χ3n) is 3.91. The topological polar surface area (TPSA) is 89.5 Å². The lowest BCUT2D eigenvalue weighted by Gasteiger charge is -2.06. The summed E-state index contributed by atoms with van der Waals surface area (Å²) in [6.45, 7) is 0. The molecule has 0 aliphatic heterocycles. The first-order chi connectivity index (χ1) is 14.6. The number of carbonyl (C=O) groups excluding carboxylic acids is 2. The van der Waals surface area contributed by atoms with Crippen LogP contribution in [0.5, 0.6) is 11.5 Å². The Labute approximate surface area is 182 Å². The molecule has 156 valence electrons. The summed E-state index contributed by atoms with van der Waals surface area (Å²) in [6.07, 6.45) is 0.157. The minimum Gasteiger partial charge on any atom is -0.497 e. The van der Waals surface area contributed by atoms with Gasteiger partial charge < -0.3 is 20.1 Å². The molecule has 3 aromatic rings. The Kier molecular flexibility index (Phi) is 7.69. The highest BCUT2D eigenvalue weighted by Crippen LogP contribution is 2.24. The Morgan fingerprint density at radius 3 is 2.17 bits per heavy atom. The number of nitrogens with one attached hydrogen (secondary N) is 2. The van der Waals surface area contributed by atoms with Crippen molar-refractivity contribution in [2.45, 2.75) is 10.8 Å². The number of benzene rings is 2. The Morgan fingerprint density at radius 1 is 0.967 bits per heavy atom. The van der Waals surface area contributed by atoms with E-state index in [1.165, 1.54) is 23.1 Å². The molecule has 0 saturated carbocycles. The number of amides is 2. The van der Waals surface area contributed by atoms with Gasteiger partial charge in [0.1, 0.15) is 11.5 Å². The van der Waals surface area contributed by atoms with Gasteiger partial charge in [0.25, 0.3) is 0 Å². The molecule has 0 spiro atoms. The van der Waals surface area contributed by atoms with Crippen LogP contribution in [0.3, 0.4) is 0 Å². The zero-order valence-corrected chi connectivity index (χ0v) is 18.1. The summed E-state index contributed by atoms with van der Waals surface area (Å²) < 4.78 is 11.0. The van der Waals surface area contributed by atoms with Gasteiger partial charge >= 0.3 is 0 Å². The molecule has 9 heteroatoms. The van der Waals surface area contributed by atoms with E-state index in [1.54, 1.807) is 38.5 Å². The average Bonchev–Trinajstić information content (AvgIpc) is 3.19. The Balaban J connectivity index is 1.47. The summed E-state index contributed by atoms with van der Waals surface area (Å²) in [4.78, 5) is 28.8. The van der Waals surface area contributed by atoms with Crippen LogP contribution in [0.15, 0.2) is 58.3 Å². The van der Waals surface area contributed by atoms with E-state index in [1.807, 2.05) is 29.6 Å². The van der Waals surface area contributed by atoms with E-state index in [0.717, 1.165) is 4.34 Å². The van der Waals surface area contributed by atoms with Crippen molar-refractivity contribution in [1.29, 1.82) is 0 Å². The van der Waals surface area contributed by atoms with Gasteiger partial charge in [0.2, 0.25) is 11.8 Å². The quantitative estimate of drug-likeness (QED) is 0.485. The molecule has 1 aromatic heterocycles. The first kappa shape index (κ1) is 21.7. The third kappa shape index (κ3) is 6.50. The van der Waals surface area contributed by atoms with Crippen molar-refractivity contribution in [3.8, 4) is 11.5 Å². The zero-order valence-electron chi connectivity index (χ0n) is 16.5. The maximum absolute atomic E-state index is 12.2. The molecule has 0 aliphatic rings. The molecule has 0 radical (unpaired) electrons. The van der Waals surface area contributed by atoms with E-state index < -0.39 is 0 Å². The molecule has 2 amide bonds. The summed E-state index contributed by atoms with van der Waals surface area (Å²) in [5.41, 5.74) is 2.00. The van der Waals surface area contributed by atoms with Crippen molar-refractivity contribution in [2.24, 2.45) is 0 Å². The molecule has 0 unspecified atom stereocenters. The normalized spacial score (nSPS) is 10.3. The molecular weight excluding hydrogens is 422 g/mol. The number of thiazole rings is 1. The Bertz CT molecular complexity index is 1020. The van der Waals surface area contributed by atoms with E-state index >= 15 is 0 Å². The summed E-state index contributed by atoms with van der Waals surface area (Å²) in [6, 6.07) is 14.3. The fraction of sp³-hybridized carbons (Fsp3) is 0.190. The van der Waals surface area contributed by atoms with Gasteiger partial charge in [-0.3, -0.25) is 9.59 Å². The molecule has 0 bridgehead atoms. The number of aromatic nitrogens is 1. The van der Waals surface area contributed by atoms with Gasteiger partial charge in [0.15, 0.2) is 4.34 Å². The number of hydrogen-bond acceptors (Lipinski definition) is 7. The molecule has 2 aromatic carbocycles. The highest BCUT2D eigenvalue weighted by atomic mass is 32.2. The summed E-state index contributed by atoms with van der Waals surface area (Å²) in [5, 5.41) is 7.48. The van der Waals surface area contributed by atoms with Crippen LogP contribution in [-0.2, 0) is 16.0 Å². The van der Waals surface area contributed by atoms with E-state index in [4.69, 9.17) is 9.47 Å². The minimum atomic E-state index is -0.166. The largest absolute Gasteiger partial charge is 0.497 e. The van der Waals surface area contributed by atoms with Crippen molar-refractivity contribution < 1.29 is 19.1 Å². The molecule has 0 fully saturated rings. The predicted molar refractivity (Wildman–Crippen MR) is 120 cm³/mol. The van der Waals surface area contributed by atoms with Crippen LogP contribution in [0, 0.1) is 0 Å². The average molecular weight is 444 g/mol. The second-order valence-corrected chi connectivity index (χ2v) is 8.21. The first-order valence-electron chi connectivity index (χ1n) is 9.00.